The van der Waals surface area contributed by atoms with Crippen molar-refractivity contribution in [2.75, 3.05) is 26.1 Å². The average molecular weight is 481 g/mol. The minimum Gasteiger partial charge on any atom is -0.493 e. The zero-order chi connectivity index (χ0) is 24.0. The van der Waals surface area contributed by atoms with Crippen LogP contribution in [0.4, 0.5) is 18.9 Å². The van der Waals surface area contributed by atoms with E-state index in [0.29, 0.717) is 35.2 Å². The molecule has 33 heavy (non-hydrogen) atoms. The van der Waals surface area contributed by atoms with Crippen LogP contribution in [-0.2, 0) is 17.4 Å². The monoisotopic (exact) mass is 480 g/mol. The fraction of sp³-hybridized carbons (Fsp3) is 0.304. The average Bonchev–Trinajstić information content (AvgIpc) is 3.25. The number of carbonyl (C=O) groups is 1. The van der Waals surface area contributed by atoms with E-state index >= 15 is 0 Å². The van der Waals surface area contributed by atoms with E-state index in [9.17, 15) is 18.0 Å². The van der Waals surface area contributed by atoms with Crippen molar-refractivity contribution in [2.24, 2.45) is 0 Å². The maximum Gasteiger partial charge on any atom is 0.416 e. The van der Waals surface area contributed by atoms with Crippen LogP contribution in [0.15, 0.2) is 41.8 Å². The van der Waals surface area contributed by atoms with Crippen molar-refractivity contribution in [3.63, 3.8) is 0 Å². The number of thiazole rings is 1. The highest BCUT2D eigenvalue weighted by Crippen LogP contribution is 2.36. The zero-order valence-electron chi connectivity index (χ0n) is 18.3. The lowest BCUT2D eigenvalue weighted by Gasteiger charge is -2.15. The summed E-state index contributed by atoms with van der Waals surface area (Å²) >= 11 is 1.34. The standard InChI is InChI=1S/C23H23F3N2O4S/c1-4-9-32-18-8-6-15(23(24,25)26)11-17(18)28-21(29)12-16-13-33-22(27-16)14-5-7-19(30-2)20(10-14)31-3/h5-8,10-11,13H,4,9,12H2,1-3H3,(H,28,29). The van der Waals surface area contributed by atoms with E-state index in [2.05, 4.69) is 10.3 Å². The SMILES string of the molecule is CCCOc1ccc(C(F)(F)F)cc1NC(=O)Cc1csc(-c2ccc(OC)c(OC)c2)n1. The number of nitrogens with zero attached hydrogens (tertiary/aromatic N) is 1. The fourth-order valence-corrected chi connectivity index (χ4v) is 3.81. The number of amides is 1. The van der Waals surface area contributed by atoms with Gasteiger partial charge in [0.2, 0.25) is 5.91 Å². The highest BCUT2D eigenvalue weighted by Gasteiger charge is 2.31. The third kappa shape index (κ3) is 6.16. The molecule has 0 fully saturated rings. The number of hydrogen-bond donors (Lipinski definition) is 1. The summed E-state index contributed by atoms with van der Waals surface area (Å²) in [6.45, 7) is 2.19. The second-order valence-electron chi connectivity index (χ2n) is 7.00. The van der Waals surface area contributed by atoms with Gasteiger partial charge in [0.25, 0.3) is 0 Å². The van der Waals surface area contributed by atoms with Gasteiger partial charge in [-0.15, -0.1) is 11.3 Å². The predicted molar refractivity (Wildman–Crippen MR) is 120 cm³/mol. The number of benzene rings is 2. The van der Waals surface area contributed by atoms with Crippen molar-refractivity contribution in [3.05, 3.63) is 53.0 Å². The molecule has 0 aliphatic rings. The maximum atomic E-state index is 13.1. The Kier molecular flexibility index (Phi) is 7.80. The highest BCUT2D eigenvalue weighted by molar-refractivity contribution is 7.13. The number of carbonyl (C=O) groups excluding carboxylic acids is 1. The van der Waals surface area contributed by atoms with Gasteiger partial charge in [-0.1, -0.05) is 6.92 Å². The second kappa shape index (κ2) is 10.6. The Morgan fingerprint density at radius 2 is 1.79 bits per heavy atom. The Labute approximate surface area is 193 Å². The van der Waals surface area contributed by atoms with Gasteiger partial charge in [0.1, 0.15) is 10.8 Å². The first-order chi connectivity index (χ1) is 15.7. The summed E-state index contributed by atoms with van der Waals surface area (Å²) in [4.78, 5) is 17.1. The number of rotatable bonds is 9. The Balaban J connectivity index is 1.76. The number of methoxy groups -OCH3 is 2. The van der Waals surface area contributed by atoms with Crippen LogP contribution in [0.5, 0.6) is 17.2 Å². The van der Waals surface area contributed by atoms with E-state index in [1.165, 1.54) is 24.5 Å². The van der Waals surface area contributed by atoms with Crippen molar-refractivity contribution >= 4 is 22.9 Å². The van der Waals surface area contributed by atoms with Gasteiger partial charge in [-0.2, -0.15) is 13.2 Å². The number of aromatic nitrogens is 1. The van der Waals surface area contributed by atoms with Gasteiger partial charge in [0.05, 0.1) is 44.2 Å². The number of hydrogen-bond acceptors (Lipinski definition) is 6. The molecule has 0 unspecified atom stereocenters. The van der Waals surface area contributed by atoms with Crippen LogP contribution >= 0.6 is 11.3 Å². The quantitative estimate of drug-likeness (QED) is 0.418. The van der Waals surface area contributed by atoms with E-state index < -0.39 is 17.6 Å². The molecule has 6 nitrogen and oxygen atoms in total. The van der Waals surface area contributed by atoms with E-state index in [1.807, 2.05) is 13.0 Å². The van der Waals surface area contributed by atoms with Gasteiger partial charge >= 0.3 is 6.18 Å². The summed E-state index contributed by atoms with van der Waals surface area (Å²) in [6, 6.07) is 8.38. The highest BCUT2D eigenvalue weighted by atomic mass is 32.1. The number of nitrogens with one attached hydrogen (secondary N) is 1. The minimum atomic E-state index is -4.54. The van der Waals surface area contributed by atoms with Crippen LogP contribution in [0.25, 0.3) is 10.6 Å². The van der Waals surface area contributed by atoms with Gasteiger partial charge < -0.3 is 19.5 Å². The summed E-state index contributed by atoms with van der Waals surface area (Å²) < 4.78 is 55.4. The van der Waals surface area contributed by atoms with Crippen molar-refractivity contribution in [1.82, 2.24) is 4.98 Å². The first-order valence-corrected chi connectivity index (χ1v) is 10.9. The summed E-state index contributed by atoms with van der Waals surface area (Å²) in [7, 11) is 3.08. The topological polar surface area (TPSA) is 69.7 Å². The molecule has 3 rings (SSSR count). The Bertz CT molecular complexity index is 1120. The Morgan fingerprint density at radius 1 is 1.06 bits per heavy atom. The molecule has 0 radical (unpaired) electrons. The molecular weight excluding hydrogens is 457 g/mol. The predicted octanol–water partition coefficient (Wildman–Crippen LogP) is 5.82. The Morgan fingerprint density at radius 3 is 2.45 bits per heavy atom. The lowest BCUT2D eigenvalue weighted by Crippen LogP contribution is -2.16. The first-order valence-electron chi connectivity index (χ1n) is 10.1. The molecule has 0 aliphatic carbocycles. The lowest BCUT2D eigenvalue weighted by atomic mass is 10.1. The summed E-state index contributed by atoms with van der Waals surface area (Å²) in [6.07, 6.45) is -3.97. The smallest absolute Gasteiger partial charge is 0.416 e. The van der Waals surface area contributed by atoms with Crippen molar-refractivity contribution in [3.8, 4) is 27.8 Å². The molecule has 1 amide bonds. The second-order valence-corrected chi connectivity index (χ2v) is 7.85. The number of halogens is 3. The van der Waals surface area contributed by atoms with Crippen LogP contribution in [0.2, 0.25) is 0 Å². The summed E-state index contributed by atoms with van der Waals surface area (Å²) in [5.41, 5.74) is 0.382. The molecular formula is C23H23F3N2O4S. The molecule has 0 aliphatic heterocycles. The van der Waals surface area contributed by atoms with E-state index in [-0.39, 0.29) is 17.9 Å². The molecule has 3 aromatic rings. The summed E-state index contributed by atoms with van der Waals surface area (Å²) in [5, 5.41) is 4.93. The molecule has 10 heteroatoms. The molecule has 0 saturated heterocycles. The van der Waals surface area contributed by atoms with Gasteiger partial charge in [-0.3, -0.25) is 4.79 Å². The molecule has 176 valence electrons. The zero-order valence-corrected chi connectivity index (χ0v) is 19.1. The van der Waals surface area contributed by atoms with E-state index in [1.54, 1.807) is 24.6 Å². The third-order valence-corrected chi connectivity index (χ3v) is 5.51. The molecule has 2 aromatic carbocycles. The van der Waals surface area contributed by atoms with Gasteiger partial charge in [0, 0.05) is 10.9 Å². The lowest BCUT2D eigenvalue weighted by molar-refractivity contribution is -0.137. The van der Waals surface area contributed by atoms with Gasteiger partial charge in [0.15, 0.2) is 11.5 Å². The summed E-state index contributed by atoms with van der Waals surface area (Å²) in [5.74, 6) is 0.815. The van der Waals surface area contributed by atoms with Crippen LogP contribution in [0, 0.1) is 0 Å². The Hall–Kier alpha value is -3.27. The minimum absolute atomic E-state index is 0.0291. The van der Waals surface area contributed by atoms with Gasteiger partial charge in [-0.05, 0) is 42.8 Å². The van der Waals surface area contributed by atoms with Crippen molar-refractivity contribution < 1.29 is 32.2 Å². The molecule has 0 saturated carbocycles. The normalized spacial score (nSPS) is 11.2. The largest absolute Gasteiger partial charge is 0.493 e. The molecule has 0 bridgehead atoms. The number of ether oxygens (including phenoxy) is 3. The van der Waals surface area contributed by atoms with Gasteiger partial charge in [-0.25, -0.2) is 4.98 Å². The van der Waals surface area contributed by atoms with E-state index in [4.69, 9.17) is 14.2 Å². The molecule has 1 aromatic heterocycles. The molecule has 1 heterocycles. The number of anilines is 1. The third-order valence-electron chi connectivity index (χ3n) is 4.57. The maximum absolute atomic E-state index is 13.1. The first kappa shape index (κ1) is 24.4. The fourth-order valence-electron chi connectivity index (χ4n) is 2.99. The van der Waals surface area contributed by atoms with Crippen molar-refractivity contribution in [2.45, 2.75) is 25.9 Å². The van der Waals surface area contributed by atoms with E-state index in [0.717, 1.165) is 17.7 Å². The van der Waals surface area contributed by atoms with Crippen LogP contribution in [-0.4, -0.2) is 31.7 Å². The van der Waals surface area contributed by atoms with Crippen molar-refractivity contribution in [1.29, 1.82) is 0 Å². The molecule has 0 atom stereocenters. The molecule has 1 N–H and O–H groups in total. The van der Waals surface area contributed by atoms with Crippen LogP contribution in [0.1, 0.15) is 24.6 Å². The molecule has 0 spiro atoms. The van der Waals surface area contributed by atoms with Crippen LogP contribution in [0.3, 0.4) is 0 Å². The number of alkyl halides is 3. The van der Waals surface area contributed by atoms with Crippen LogP contribution < -0.4 is 19.5 Å².